The lowest BCUT2D eigenvalue weighted by Gasteiger charge is -2.23. The summed E-state index contributed by atoms with van der Waals surface area (Å²) in [5, 5.41) is 7.69. The van der Waals surface area contributed by atoms with E-state index in [9.17, 15) is 24.0 Å². The Labute approximate surface area is 208 Å². The number of aromatic nitrogens is 2. The number of H-pyrrole nitrogens is 1. The quantitative estimate of drug-likeness (QED) is 0.241. The van der Waals surface area contributed by atoms with Gasteiger partial charge in [-0.3, -0.25) is 19.2 Å². The molecule has 0 saturated heterocycles. The third-order valence-electron chi connectivity index (χ3n) is 4.92. The first-order valence-corrected chi connectivity index (χ1v) is 11.3. The molecule has 0 unspecified atom stereocenters. The molecule has 12 heteroatoms. The van der Waals surface area contributed by atoms with Crippen molar-refractivity contribution in [2.75, 3.05) is 13.7 Å². The fraction of sp³-hybridized carbons (Fsp3) is 0.417. The number of benzene rings is 1. The molecule has 1 aromatic heterocycles. The van der Waals surface area contributed by atoms with Gasteiger partial charge in [-0.25, -0.2) is 9.78 Å². The number of esters is 2. The highest BCUT2D eigenvalue weighted by Gasteiger charge is 2.28. The van der Waals surface area contributed by atoms with Crippen molar-refractivity contribution in [3.05, 3.63) is 48.0 Å². The number of hydrogen-bond acceptors (Lipinski definition) is 8. The number of amides is 3. The van der Waals surface area contributed by atoms with E-state index in [1.807, 2.05) is 13.8 Å². The lowest BCUT2D eigenvalue weighted by atomic mass is 10.0. The molecule has 0 saturated carbocycles. The Bertz CT molecular complexity index is 1050. The smallest absolute Gasteiger partial charge is 0.328 e. The number of nitrogens with zero attached hydrogens (tertiary/aromatic N) is 1. The van der Waals surface area contributed by atoms with Crippen molar-refractivity contribution < 1.29 is 33.4 Å². The number of carbonyl (C=O) groups is 5. The molecule has 0 bridgehead atoms. The summed E-state index contributed by atoms with van der Waals surface area (Å²) in [5.74, 6) is -2.42. The summed E-state index contributed by atoms with van der Waals surface area (Å²) in [6, 6.07) is 3.86. The first-order valence-electron chi connectivity index (χ1n) is 11.3. The van der Waals surface area contributed by atoms with Crippen LogP contribution in [0.4, 0.5) is 0 Å². The van der Waals surface area contributed by atoms with E-state index < -0.39 is 48.3 Å². The van der Waals surface area contributed by atoms with E-state index >= 15 is 0 Å². The lowest BCUT2D eigenvalue weighted by Crippen LogP contribution is -2.54. The molecular weight excluding hydrogens is 470 g/mol. The van der Waals surface area contributed by atoms with E-state index in [-0.39, 0.29) is 23.7 Å². The van der Waals surface area contributed by atoms with E-state index in [4.69, 9.17) is 9.47 Å². The van der Waals surface area contributed by atoms with Gasteiger partial charge in [0.05, 0.1) is 25.7 Å². The Morgan fingerprint density at radius 3 is 2.28 bits per heavy atom. The summed E-state index contributed by atoms with van der Waals surface area (Å²) >= 11 is 0. The molecule has 36 heavy (non-hydrogen) atoms. The zero-order valence-electron chi connectivity index (χ0n) is 20.6. The van der Waals surface area contributed by atoms with E-state index in [1.54, 1.807) is 6.20 Å². The lowest BCUT2D eigenvalue weighted by molar-refractivity contribution is -0.145. The molecule has 0 aliphatic rings. The predicted octanol–water partition coefficient (Wildman–Crippen LogP) is 0.496. The Balaban J connectivity index is 2.01. The molecule has 0 spiro atoms. The van der Waals surface area contributed by atoms with Gasteiger partial charge in [0.25, 0.3) is 5.91 Å². The molecule has 0 fully saturated rings. The Morgan fingerprint density at radius 2 is 1.72 bits per heavy atom. The maximum absolute atomic E-state index is 13.0. The highest BCUT2D eigenvalue weighted by Crippen LogP contribution is 2.12. The van der Waals surface area contributed by atoms with Crippen LogP contribution in [0.3, 0.4) is 0 Å². The number of hydrogen-bond donors (Lipinski definition) is 4. The van der Waals surface area contributed by atoms with Gasteiger partial charge in [-0.15, -0.1) is 0 Å². The Kier molecular flexibility index (Phi) is 10.6. The molecule has 0 radical (unpaired) electrons. The molecule has 1 heterocycles. The second-order valence-corrected chi connectivity index (χ2v) is 8.40. The van der Waals surface area contributed by atoms with Crippen molar-refractivity contribution in [2.24, 2.45) is 5.92 Å². The molecule has 4 N–H and O–H groups in total. The van der Waals surface area contributed by atoms with Crippen molar-refractivity contribution in [1.82, 2.24) is 25.9 Å². The van der Waals surface area contributed by atoms with Crippen LogP contribution in [0.1, 0.15) is 43.2 Å². The third-order valence-corrected chi connectivity index (χ3v) is 4.92. The van der Waals surface area contributed by atoms with Crippen LogP contribution >= 0.6 is 0 Å². The van der Waals surface area contributed by atoms with Gasteiger partial charge in [0, 0.05) is 25.1 Å². The van der Waals surface area contributed by atoms with E-state index in [0.717, 1.165) is 0 Å². The number of carbonyl (C=O) groups excluding carboxylic acids is 5. The minimum absolute atomic E-state index is 0.0577. The van der Waals surface area contributed by atoms with Gasteiger partial charge in [-0.2, -0.15) is 0 Å². The number of ether oxygens (including phenoxy) is 2. The second kappa shape index (κ2) is 13.6. The summed E-state index contributed by atoms with van der Waals surface area (Å²) in [4.78, 5) is 67.9. The Hall–Kier alpha value is -4.22. The molecule has 2 rings (SSSR count). The normalized spacial score (nSPS) is 12.2. The highest BCUT2D eigenvalue weighted by atomic mass is 16.5. The van der Waals surface area contributed by atoms with E-state index in [2.05, 4.69) is 25.9 Å². The van der Waals surface area contributed by atoms with Gasteiger partial charge < -0.3 is 30.4 Å². The third kappa shape index (κ3) is 9.20. The average Bonchev–Trinajstić information content (AvgIpc) is 3.34. The van der Waals surface area contributed by atoms with Crippen molar-refractivity contribution in [1.29, 1.82) is 0 Å². The molecule has 1 aromatic carbocycles. The minimum Gasteiger partial charge on any atom is -0.467 e. The molecule has 12 nitrogen and oxygen atoms in total. The van der Waals surface area contributed by atoms with Crippen LogP contribution < -0.4 is 20.7 Å². The van der Waals surface area contributed by atoms with Crippen LogP contribution in [-0.4, -0.2) is 65.4 Å². The van der Waals surface area contributed by atoms with Gasteiger partial charge in [0.2, 0.25) is 11.8 Å². The summed E-state index contributed by atoms with van der Waals surface area (Å²) in [7, 11) is 1.23. The maximum Gasteiger partial charge on any atom is 0.328 e. The molecule has 3 amide bonds. The number of methoxy groups -OCH3 is 1. The molecule has 0 aliphatic heterocycles. The highest BCUT2D eigenvalue weighted by molar-refractivity contribution is 5.97. The topological polar surface area (TPSA) is 169 Å². The van der Waals surface area contributed by atoms with Gasteiger partial charge in [-0.05, 0) is 36.6 Å². The van der Waals surface area contributed by atoms with Gasteiger partial charge >= 0.3 is 11.9 Å². The zero-order valence-corrected chi connectivity index (χ0v) is 20.6. The van der Waals surface area contributed by atoms with Crippen LogP contribution in [0.2, 0.25) is 0 Å². The summed E-state index contributed by atoms with van der Waals surface area (Å²) in [6.45, 7) is 4.66. The monoisotopic (exact) mass is 501 g/mol. The van der Waals surface area contributed by atoms with Crippen molar-refractivity contribution in [2.45, 2.75) is 45.7 Å². The van der Waals surface area contributed by atoms with E-state index in [1.165, 1.54) is 44.6 Å². The SMILES string of the molecule is COC(=O)[C@H](CC(C)C)NC(=O)[C@H](Cc1c[nH]cn1)NC(=O)CNC(=O)c1ccc(OC(C)=O)cc1. The van der Waals surface area contributed by atoms with Crippen LogP contribution in [0.25, 0.3) is 0 Å². The number of imidazole rings is 1. The number of aromatic amines is 1. The van der Waals surface area contributed by atoms with Gasteiger partial charge in [0.1, 0.15) is 17.8 Å². The number of rotatable bonds is 12. The van der Waals surface area contributed by atoms with Crippen LogP contribution in [0.5, 0.6) is 5.75 Å². The fourth-order valence-electron chi connectivity index (χ4n) is 3.27. The fourth-order valence-corrected chi connectivity index (χ4v) is 3.27. The first-order chi connectivity index (χ1) is 17.1. The molecular formula is C24H31N5O7. The predicted molar refractivity (Wildman–Crippen MR) is 128 cm³/mol. The standard InChI is InChI=1S/C24H31N5O7/c1-14(2)9-20(24(34)35-4)29-23(33)19(10-17-11-25-13-27-17)28-21(31)12-26-22(32)16-5-7-18(8-6-16)36-15(3)30/h5-8,11,13-14,19-20H,9-10,12H2,1-4H3,(H,25,27)(H,26,32)(H,28,31)(H,29,33)/t19-,20-/m0/s1. The largest absolute Gasteiger partial charge is 0.467 e. The first kappa shape index (κ1) is 28.0. The van der Waals surface area contributed by atoms with Crippen molar-refractivity contribution in [3.8, 4) is 5.75 Å². The second-order valence-electron chi connectivity index (χ2n) is 8.40. The van der Waals surface area contributed by atoms with Gasteiger partial charge in [-0.1, -0.05) is 13.8 Å². The van der Waals surface area contributed by atoms with Crippen molar-refractivity contribution >= 4 is 29.7 Å². The average molecular weight is 502 g/mol. The van der Waals surface area contributed by atoms with Crippen LogP contribution in [-0.2, 0) is 30.3 Å². The molecule has 194 valence electrons. The van der Waals surface area contributed by atoms with Crippen LogP contribution in [0.15, 0.2) is 36.8 Å². The van der Waals surface area contributed by atoms with Crippen molar-refractivity contribution in [3.63, 3.8) is 0 Å². The minimum atomic E-state index is -1.06. The zero-order chi connectivity index (χ0) is 26.7. The van der Waals surface area contributed by atoms with E-state index in [0.29, 0.717) is 12.1 Å². The summed E-state index contributed by atoms with van der Waals surface area (Å²) in [5.41, 5.74) is 0.768. The summed E-state index contributed by atoms with van der Waals surface area (Å²) < 4.78 is 9.70. The van der Waals surface area contributed by atoms with Gasteiger partial charge in [0.15, 0.2) is 0 Å². The van der Waals surface area contributed by atoms with Crippen LogP contribution in [0, 0.1) is 5.92 Å². The summed E-state index contributed by atoms with van der Waals surface area (Å²) in [6.07, 6.45) is 3.44. The molecule has 2 atom stereocenters. The molecule has 2 aromatic rings. The maximum atomic E-state index is 13.0. The molecule has 0 aliphatic carbocycles. The Morgan fingerprint density at radius 1 is 1.03 bits per heavy atom. The number of nitrogens with one attached hydrogen (secondary N) is 4.